The molecular formula is C92H126N4O2. The van der Waals surface area contributed by atoms with Gasteiger partial charge in [0, 0.05) is 22.2 Å². The highest BCUT2D eigenvalue weighted by Gasteiger charge is 2.63. The summed E-state index contributed by atoms with van der Waals surface area (Å²) in [7, 11) is 0. The second-order valence-corrected chi connectivity index (χ2v) is 37.4. The van der Waals surface area contributed by atoms with Crippen LogP contribution >= 0.6 is 0 Å². The van der Waals surface area contributed by atoms with Crippen LogP contribution in [0.1, 0.15) is 279 Å². The van der Waals surface area contributed by atoms with Crippen LogP contribution in [0.25, 0.3) is 68.6 Å². The van der Waals surface area contributed by atoms with Crippen LogP contribution in [-0.4, -0.2) is 32.1 Å². The van der Waals surface area contributed by atoms with Crippen LogP contribution in [-0.2, 0) is 0 Å². The Kier molecular flexibility index (Phi) is 18.5. The topological polar surface area (TPSA) is 75.8 Å². The van der Waals surface area contributed by atoms with Crippen LogP contribution < -0.4 is 9.47 Å². The van der Waals surface area contributed by atoms with E-state index in [1.807, 2.05) is 0 Å². The zero-order valence-corrected chi connectivity index (χ0v) is 63.8. The second-order valence-electron chi connectivity index (χ2n) is 37.4. The average molecular weight is 1320 g/mol. The van der Waals surface area contributed by atoms with Gasteiger partial charge in [0.15, 0.2) is 11.5 Å². The largest absolute Gasteiger partial charge is 0.486 e. The van der Waals surface area contributed by atoms with Crippen molar-refractivity contribution in [3.05, 3.63) is 105 Å². The molecule has 2 aromatic carbocycles. The molecule has 6 heteroatoms. The number of benzene rings is 2. The molecule has 6 nitrogen and oxygen atoms in total. The highest BCUT2D eigenvalue weighted by atomic mass is 16.5. The van der Waals surface area contributed by atoms with Crippen molar-refractivity contribution in [2.75, 3.05) is 0 Å². The van der Waals surface area contributed by atoms with Gasteiger partial charge in [0.2, 0.25) is 0 Å². The van der Waals surface area contributed by atoms with Crippen LogP contribution in [0.15, 0.2) is 48.5 Å². The molecule has 0 unspecified atom stereocenters. The second kappa shape index (κ2) is 26.5. The first-order valence-corrected chi connectivity index (χ1v) is 40.6. The lowest BCUT2D eigenvalue weighted by Gasteiger charge is -2.61. The fourth-order valence-electron chi connectivity index (χ4n) is 26.1. The van der Waals surface area contributed by atoms with Crippen LogP contribution in [0, 0.1) is 146 Å². The molecule has 8 saturated carbocycles. The summed E-state index contributed by atoms with van der Waals surface area (Å²) in [6.45, 7) is 39.5. The van der Waals surface area contributed by atoms with E-state index in [9.17, 15) is 0 Å². The number of ether oxygens (including phenoxy) is 2. The number of aryl methyl sites for hydroxylation is 6. The number of rotatable bonds is 16. The molecule has 8 fully saturated rings. The van der Waals surface area contributed by atoms with Crippen molar-refractivity contribution in [1.29, 1.82) is 0 Å². The fraction of sp³-hybridized carbons (Fsp3) is 0.652. The molecule has 98 heavy (non-hydrogen) atoms. The molecule has 0 radical (unpaired) electrons. The number of nitrogens with zero attached hydrogens (tertiary/aromatic N) is 2. The highest BCUT2D eigenvalue weighted by Crippen LogP contribution is 2.71. The third-order valence-corrected chi connectivity index (χ3v) is 30.7. The molecule has 10 aliphatic rings. The number of H-pyrrole nitrogens is 2. The lowest BCUT2D eigenvalue weighted by Crippen LogP contribution is -2.54. The molecule has 2 aliphatic heterocycles. The summed E-state index contributed by atoms with van der Waals surface area (Å²) in [5.74, 6) is 13.3. The molecule has 18 atom stereocenters. The SMILES string of the molecule is Cc1cc(C)c(-c2c3nc(c(O[C@H]4CC[C@@]5(C)[C@@H](CC[C@@H]6[C@@H]5CC[C@]5(C)[C@@H]([C@H](C)CCCC(C)C)CC[C@@H]65)C4)c4ccc([nH]4)c(-c4c(C)cc(C)cc4C)c4nc(c(O[C@H]5CC[C@@]6(C)[C@@H](CC[C@@H]7[C@@H]6CC[C@]6(C)[C@@H]([C@H](C)CCCC(C)C)CC[C@@H]76)C5)c5ccc2[nH]5)C=C4)C=C3)c(C)c1. The lowest BCUT2D eigenvalue weighted by molar-refractivity contribution is -0.126. The summed E-state index contributed by atoms with van der Waals surface area (Å²) in [4.78, 5) is 19.8. The van der Waals surface area contributed by atoms with Gasteiger partial charge in [-0.25, -0.2) is 9.97 Å². The van der Waals surface area contributed by atoms with Crippen molar-refractivity contribution < 1.29 is 9.47 Å². The summed E-state index contributed by atoms with van der Waals surface area (Å²) in [5, 5.41) is 0. The summed E-state index contributed by atoms with van der Waals surface area (Å²) in [6, 6.07) is 18.6. The molecule has 0 saturated heterocycles. The Morgan fingerprint density at radius 1 is 0.398 bits per heavy atom. The first-order chi connectivity index (χ1) is 46.9. The van der Waals surface area contributed by atoms with E-state index >= 15 is 0 Å². The number of nitrogens with one attached hydrogen (secondary N) is 2. The summed E-state index contributed by atoms with van der Waals surface area (Å²) in [6.07, 6.45) is 41.4. The predicted octanol–water partition coefficient (Wildman–Crippen LogP) is 25.6. The Morgan fingerprint density at radius 2 is 0.755 bits per heavy atom. The van der Waals surface area contributed by atoms with Gasteiger partial charge in [-0.05, 0) is 344 Å². The Labute approximate surface area is 592 Å². The van der Waals surface area contributed by atoms with Crippen LogP contribution in [0.4, 0.5) is 0 Å². The van der Waals surface area contributed by atoms with Crippen molar-refractivity contribution in [3.63, 3.8) is 0 Å². The standard InChI is InChI=1S/C92H126N4O2/c1-53(2)19-17-21-57(7)69-27-29-71-67-25-23-63-51-65(39-43-89(63,13)73(67)41-45-91(69,71)15)97-87-79-35-31-75(93-79)85(83-59(9)47-55(5)48-60(83)10)77-33-37-81(95-77)88(82-38-34-78(96-82)86(76-32-36-80(87)94-76)84-61(11)49-56(6)50-62(84)12)98-66-40-44-90(14)64(52-66)24-26-68-72-30-28-70(58(8)22-18-20-54(3)4)92(72,16)46-42-74(68)90/h31-38,47-50,53-54,57-58,63-74,93,96H,17-30,39-46,51-52H2,1-16H3/t57-,58-,63+,64+,65+,66+,67+,68+,69-,70-,71+,72+,73+,74+,89+,90+,91-,92-/m1/s1. The maximum absolute atomic E-state index is 7.76. The molecule has 5 heterocycles. The molecule has 0 amide bonds. The van der Waals surface area contributed by atoms with Crippen molar-refractivity contribution in [1.82, 2.24) is 19.9 Å². The van der Waals surface area contributed by atoms with E-state index in [-0.39, 0.29) is 12.2 Å². The quantitative estimate of drug-likeness (QED) is 0.101. The number of hydrogen-bond acceptors (Lipinski definition) is 4. The van der Waals surface area contributed by atoms with E-state index in [2.05, 4.69) is 194 Å². The minimum atomic E-state index is 0.0948. The van der Waals surface area contributed by atoms with Gasteiger partial charge >= 0.3 is 0 Å². The molecule has 526 valence electrons. The summed E-state index contributed by atoms with van der Waals surface area (Å²) in [5.41, 5.74) is 21.6. The van der Waals surface area contributed by atoms with E-state index in [0.29, 0.717) is 33.5 Å². The zero-order chi connectivity index (χ0) is 68.5. The Hall–Kier alpha value is -5.36. The van der Waals surface area contributed by atoms with E-state index in [4.69, 9.17) is 19.4 Å². The van der Waals surface area contributed by atoms with Gasteiger partial charge in [0.1, 0.15) is 11.4 Å². The normalized spacial score (nSPS) is 33.8. The molecule has 0 spiro atoms. The number of aromatic amines is 2. The van der Waals surface area contributed by atoms with Gasteiger partial charge in [-0.1, -0.05) is 143 Å². The van der Waals surface area contributed by atoms with Crippen LogP contribution in [0.3, 0.4) is 0 Å². The number of fused-ring (bicyclic) bond motifs is 18. The van der Waals surface area contributed by atoms with Crippen molar-refractivity contribution >= 4 is 46.4 Å². The highest BCUT2D eigenvalue weighted by molar-refractivity contribution is 5.97. The van der Waals surface area contributed by atoms with Gasteiger partial charge < -0.3 is 19.4 Å². The van der Waals surface area contributed by atoms with Gasteiger partial charge in [0.05, 0.1) is 34.6 Å². The van der Waals surface area contributed by atoms with E-state index in [0.717, 1.165) is 164 Å². The Balaban J connectivity index is 0.785. The lowest BCUT2D eigenvalue weighted by atomic mass is 9.44. The maximum atomic E-state index is 7.76. The maximum Gasteiger partial charge on any atom is 0.168 e. The van der Waals surface area contributed by atoms with E-state index in [1.165, 1.54) is 173 Å². The Bertz CT molecular complexity index is 3750. The zero-order valence-electron chi connectivity index (χ0n) is 63.8. The van der Waals surface area contributed by atoms with Crippen LogP contribution in [0.2, 0.25) is 0 Å². The van der Waals surface area contributed by atoms with Gasteiger partial charge in [-0.2, -0.15) is 0 Å². The van der Waals surface area contributed by atoms with Crippen molar-refractivity contribution in [3.8, 4) is 33.8 Å². The molecule has 5 aromatic rings. The predicted molar refractivity (Wildman–Crippen MR) is 413 cm³/mol. The van der Waals surface area contributed by atoms with Gasteiger partial charge in [-0.3, -0.25) is 0 Å². The summed E-state index contributed by atoms with van der Waals surface area (Å²) < 4.78 is 15.5. The minimum absolute atomic E-state index is 0.0948. The molecule has 3 aromatic heterocycles. The smallest absolute Gasteiger partial charge is 0.168 e. The summed E-state index contributed by atoms with van der Waals surface area (Å²) >= 11 is 0. The van der Waals surface area contributed by atoms with E-state index in [1.54, 1.807) is 0 Å². The van der Waals surface area contributed by atoms with E-state index < -0.39 is 0 Å². The molecule has 8 aliphatic carbocycles. The van der Waals surface area contributed by atoms with Crippen molar-refractivity contribution in [2.45, 2.75) is 277 Å². The molecular weight excluding hydrogens is 1190 g/mol. The van der Waals surface area contributed by atoms with Gasteiger partial charge in [-0.15, -0.1) is 0 Å². The average Bonchev–Trinajstić information content (AvgIpc) is 1.32. The Morgan fingerprint density at radius 3 is 1.14 bits per heavy atom. The number of aromatic nitrogens is 4. The van der Waals surface area contributed by atoms with Gasteiger partial charge in [0.25, 0.3) is 0 Å². The third kappa shape index (κ3) is 12.0. The fourth-order valence-corrected chi connectivity index (χ4v) is 26.1. The molecule has 8 bridgehead atoms. The molecule has 2 N–H and O–H groups in total. The third-order valence-electron chi connectivity index (χ3n) is 30.7. The first kappa shape index (κ1) is 68.4. The van der Waals surface area contributed by atoms with Crippen molar-refractivity contribution in [2.24, 2.45) is 105 Å². The minimum Gasteiger partial charge on any atom is -0.486 e. The first-order valence-electron chi connectivity index (χ1n) is 40.6. The molecule has 15 rings (SSSR count). The van der Waals surface area contributed by atoms with Crippen LogP contribution in [0.5, 0.6) is 11.5 Å². The number of hydrogen-bond donors (Lipinski definition) is 2. The monoisotopic (exact) mass is 1320 g/mol.